The summed E-state index contributed by atoms with van der Waals surface area (Å²) in [5.74, 6) is 0.717. The summed E-state index contributed by atoms with van der Waals surface area (Å²) in [7, 11) is 0. The number of hydrogen-bond donors (Lipinski definition) is 1. The van der Waals surface area contributed by atoms with Crippen LogP contribution in [0, 0.1) is 0 Å². The number of rotatable bonds is 5. The number of fused-ring (bicyclic) bond motifs is 1. The van der Waals surface area contributed by atoms with Gasteiger partial charge in [0.2, 0.25) is 0 Å². The summed E-state index contributed by atoms with van der Waals surface area (Å²) in [5, 5.41) is 19.1. The molecular weight excluding hydrogens is 332 g/mol. The first-order valence-corrected chi connectivity index (χ1v) is 9.31. The molecule has 0 unspecified atom stereocenters. The number of anilines is 1. The smallest absolute Gasteiger partial charge is 0.265 e. The van der Waals surface area contributed by atoms with Crippen molar-refractivity contribution in [3.8, 4) is 5.75 Å². The van der Waals surface area contributed by atoms with Gasteiger partial charge in [0, 0.05) is 13.1 Å². The van der Waals surface area contributed by atoms with E-state index in [1.165, 1.54) is 6.42 Å². The van der Waals surface area contributed by atoms with Crippen molar-refractivity contribution in [2.24, 2.45) is 0 Å². The number of hydrogen-bond acceptors (Lipinski definition) is 5. The number of carbonyl (C=O) groups is 1. The molecule has 1 aromatic carbocycles. The van der Waals surface area contributed by atoms with Gasteiger partial charge in [-0.2, -0.15) is 0 Å². The fraction of sp³-hybridized carbons (Fsp3) is 0.526. The Balaban J connectivity index is 1.38. The van der Waals surface area contributed by atoms with Gasteiger partial charge in [-0.1, -0.05) is 36.6 Å². The van der Waals surface area contributed by atoms with Gasteiger partial charge in [0.15, 0.2) is 6.61 Å². The van der Waals surface area contributed by atoms with Crippen LogP contribution in [0.5, 0.6) is 5.75 Å². The first kappa shape index (κ1) is 17.0. The van der Waals surface area contributed by atoms with Crippen molar-refractivity contribution in [1.82, 2.24) is 15.0 Å². The van der Waals surface area contributed by atoms with Gasteiger partial charge in [-0.3, -0.25) is 9.48 Å². The lowest BCUT2D eigenvalue weighted by molar-refractivity contribution is -0.121. The third-order valence-electron chi connectivity index (χ3n) is 5.27. The maximum absolute atomic E-state index is 12.2. The standard InChI is InChI=1S/C19H24N4O3/c24-18-14-26-16-8-3-2-7-15(16)23(18)12-6-11-22-13-17(20-21-22)19(25)9-4-1-5-10-19/h2-3,7-8,13,25H,1,4-6,9-12,14H2. The Morgan fingerprint density at radius 2 is 1.96 bits per heavy atom. The second-order valence-corrected chi connectivity index (χ2v) is 7.11. The zero-order valence-corrected chi connectivity index (χ0v) is 14.8. The topological polar surface area (TPSA) is 80.5 Å². The van der Waals surface area contributed by atoms with Crippen LogP contribution in [0.25, 0.3) is 0 Å². The first-order valence-electron chi connectivity index (χ1n) is 9.31. The predicted molar refractivity (Wildman–Crippen MR) is 95.9 cm³/mol. The fourth-order valence-electron chi connectivity index (χ4n) is 3.80. The van der Waals surface area contributed by atoms with Crippen molar-refractivity contribution in [2.75, 3.05) is 18.1 Å². The monoisotopic (exact) mass is 356 g/mol. The van der Waals surface area contributed by atoms with E-state index >= 15 is 0 Å². The van der Waals surface area contributed by atoms with E-state index in [4.69, 9.17) is 4.74 Å². The van der Waals surface area contributed by atoms with E-state index in [9.17, 15) is 9.90 Å². The van der Waals surface area contributed by atoms with Crippen molar-refractivity contribution in [3.63, 3.8) is 0 Å². The number of aromatic nitrogens is 3. The van der Waals surface area contributed by atoms with Crippen LogP contribution < -0.4 is 9.64 Å². The largest absolute Gasteiger partial charge is 0.482 e. The molecule has 26 heavy (non-hydrogen) atoms. The Morgan fingerprint density at radius 3 is 2.81 bits per heavy atom. The van der Waals surface area contributed by atoms with Crippen LogP contribution in [0.15, 0.2) is 30.5 Å². The number of aryl methyl sites for hydroxylation is 1. The number of benzene rings is 1. The summed E-state index contributed by atoms with van der Waals surface area (Å²) in [4.78, 5) is 14.0. The van der Waals surface area contributed by atoms with Crippen molar-refractivity contribution in [1.29, 1.82) is 0 Å². The van der Waals surface area contributed by atoms with E-state index in [-0.39, 0.29) is 12.5 Å². The van der Waals surface area contributed by atoms with Gasteiger partial charge in [-0.25, -0.2) is 0 Å². The average Bonchev–Trinajstić information content (AvgIpc) is 3.14. The van der Waals surface area contributed by atoms with Gasteiger partial charge < -0.3 is 14.7 Å². The maximum atomic E-state index is 12.2. The van der Waals surface area contributed by atoms with E-state index < -0.39 is 5.60 Å². The Kier molecular flexibility index (Phi) is 4.63. The first-order chi connectivity index (χ1) is 12.7. The second kappa shape index (κ2) is 7.07. The highest BCUT2D eigenvalue weighted by Gasteiger charge is 2.34. The maximum Gasteiger partial charge on any atom is 0.265 e. The van der Waals surface area contributed by atoms with Crippen LogP contribution in [-0.2, 0) is 16.9 Å². The summed E-state index contributed by atoms with van der Waals surface area (Å²) in [5.41, 5.74) is 0.667. The molecule has 1 aliphatic heterocycles. The molecule has 1 N–H and O–H groups in total. The van der Waals surface area contributed by atoms with Gasteiger partial charge in [-0.15, -0.1) is 5.10 Å². The van der Waals surface area contributed by atoms with Gasteiger partial charge in [0.05, 0.1) is 11.9 Å². The molecule has 138 valence electrons. The summed E-state index contributed by atoms with van der Waals surface area (Å²) >= 11 is 0. The molecule has 0 saturated heterocycles. The molecule has 2 aromatic rings. The number of aliphatic hydroxyl groups is 1. The second-order valence-electron chi connectivity index (χ2n) is 7.11. The van der Waals surface area contributed by atoms with Crippen molar-refractivity contribution in [3.05, 3.63) is 36.2 Å². The molecular formula is C19H24N4O3. The Bertz CT molecular complexity index is 783. The summed E-state index contributed by atoms with van der Waals surface area (Å²) in [6, 6.07) is 7.59. The number of nitrogens with zero attached hydrogens (tertiary/aromatic N) is 4. The highest BCUT2D eigenvalue weighted by atomic mass is 16.5. The minimum Gasteiger partial charge on any atom is -0.482 e. The Morgan fingerprint density at radius 1 is 1.15 bits per heavy atom. The third-order valence-corrected chi connectivity index (χ3v) is 5.27. The van der Waals surface area contributed by atoms with Crippen LogP contribution in [-0.4, -0.2) is 39.2 Å². The number of amides is 1. The van der Waals surface area contributed by atoms with Crippen LogP contribution in [0.1, 0.15) is 44.2 Å². The van der Waals surface area contributed by atoms with Crippen LogP contribution in [0.4, 0.5) is 5.69 Å². The summed E-state index contributed by atoms with van der Waals surface area (Å²) < 4.78 is 7.23. The van der Waals surface area contributed by atoms with Gasteiger partial charge >= 0.3 is 0 Å². The van der Waals surface area contributed by atoms with Gasteiger partial charge in [0.1, 0.15) is 17.0 Å². The van der Waals surface area contributed by atoms with E-state index in [0.717, 1.165) is 43.5 Å². The minimum atomic E-state index is -0.824. The molecule has 1 aliphatic carbocycles. The lowest BCUT2D eigenvalue weighted by Crippen LogP contribution is -2.39. The fourth-order valence-corrected chi connectivity index (χ4v) is 3.80. The molecule has 1 amide bonds. The molecule has 1 fully saturated rings. The number of ether oxygens (including phenoxy) is 1. The van der Waals surface area contributed by atoms with E-state index in [2.05, 4.69) is 10.3 Å². The normalized spacial score (nSPS) is 19.1. The predicted octanol–water partition coefficient (Wildman–Crippen LogP) is 2.25. The van der Waals surface area contributed by atoms with Crippen LogP contribution in [0.3, 0.4) is 0 Å². The van der Waals surface area contributed by atoms with Gasteiger partial charge in [0.25, 0.3) is 5.91 Å². The Labute approximate surface area is 152 Å². The van der Waals surface area contributed by atoms with Crippen LogP contribution in [0.2, 0.25) is 0 Å². The van der Waals surface area contributed by atoms with Crippen molar-refractivity contribution in [2.45, 2.75) is 50.7 Å². The van der Waals surface area contributed by atoms with Crippen LogP contribution >= 0.6 is 0 Å². The SMILES string of the molecule is O=C1COc2ccccc2N1CCCn1cc(C2(O)CCCCC2)nn1. The number of para-hydroxylation sites is 2. The highest BCUT2D eigenvalue weighted by Crippen LogP contribution is 2.35. The quantitative estimate of drug-likeness (QED) is 0.889. The minimum absolute atomic E-state index is 0.0282. The molecule has 2 heterocycles. The molecule has 7 nitrogen and oxygen atoms in total. The number of carbonyl (C=O) groups excluding carboxylic acids is 1. The van der Waals surface area contributed by atoms with Crippen molar-refractivity contribution < 1.29 is 14.6 Å². The molecule has 1 saturated carbocycles. The van der Waals surface area contributed by atoms with E-state index in [1.807, 2.05) is 30.5 Å². The summed E-state index contributed by atoms with van der Waals surface area (Å²) in [6.45, 7) is 1.33. The molecule has 0 radical (unpaired) electrons. The molecule has 0 bridgehead atoms. The summed E-state index contributed by atoms with van der Waals surface area (Å²) in [6.07, 6.45) is 7.34. The zero-order chi connectivity index (χ0) is 18.0. The van der Waals surface area contributed by atoms with E-state index in [0.29, 0.717) is 18.8 Å². The molecule has 2 aliphatic rings. The zero-order valence-electron chi connectivity index (χ0n) is 14.8. The molecule has 4 rings (SSSR count). The van der Waals surface area contributed by atoms with Crippen molar-refractivity contribution >= 4 is 11.6 Å². The van der Waals surface area contributed by atoms with Gasteiger partial charge in [-0.05, 0) is 31.4 Å². The van der Waals surface area contributed by atoms with E-state index in [1.54, 1.807) is 9.58 Å². The third kappa shape index (κ3) is 3.31. The lowest BCUT2D eigenvalue weighted by Gasteiger charge is -2.29. The lowest BCUT2D eigenvalue weighted by atomic mass is 9.83. The Hall–Kier alpha value is -2.41. The average molecular weight is 356 g/mol. The highest BCUT2D eigenvalue weighted by molar-refractivity contribution is 5.97. The molecule has 1 aromatic heterocycles. The molecule has 0 atom stereocenters. The molecule has 0 spiro atoms. The molecule has 7 heteroatoms.